The van der Waals surface area contributed by atoms with Crippen LogP contribution in [0.3, 0.4) is 0 Å². The largest absolute Gasteiger partial charge is 0.401 e. The van der Waals surface area contributed by atoms with E-state index in [1.807, 2.05) is 17.4 Å². The van der Waals surface area contributed by atoms with Crippen LogP contribution in [0.4, 0.5) is 29.8 Å². The van der Waals surface area contributed by atoms with E-state index in [1.165, 1.54) is 23.7 Å². The van der Waals surface area contributed by atoms with Crippen molar-refractivity contribution in [2.75, 3.05) is 49.5 Å². The number of amides is 1. The van der Waals surface area contributed by atoms with E-state index in [0.29, 0.717) is 47.6 Å². The van der Waals surface area contributed by atoms with E-state index in [2.05, 4.69) is 25.2 Å². The zero-order valence-electron chi connectivity index (χ0n) is 18.9. The maximum Gasteiger partial charge on any atom is 0.401 e. The molecule has 14 heteroatoms. The van der Waals surface area contributed by atoms with Gasteiger partial charge in [0, 0.05) is 73.8 Å². The fraction of sp³-hybridized carbons (Fsp3) is 0.364. The van der Waals surface area contributed by atoms with Gasteiger partial charge in [0.2, 0.25) is 5.91 Å². The van der Waals surface area contributed by atoms with Crippen molar-refractivity contribution in [3.63, 3.8) is 0 Å². The monoisotopic (exact) mass is 523 g/mol. The Bertz CT molecular complexity index is 1190. The Morgan fingerprint density at radius 2 is 1.92 bits per heavy atom. The summed E-state index contributed by atoms with van der Waals surface area (Å²) in [4.78, 5) is 28.8. The molecule has 1 amide bonds. The van der Waals surface area contributed by atoms with Crippen LogP contribution in [-0.4, -0.2) is 81.5 Å². The summed E-state index contributed by atoms with van der Waals surface area (Å²) in [6.07, 6.45) is 0.151. The molecule has 1 saturated heterocycles. The van der Waals surface area contributed by atoms with Crippen molar-refractivity contribution in [1.82, 2.24) is 25.2 Å². The lowest BCUT2D eigenvalue weighted by Gasteiger charge is -2.35. The van der Waals surface area contributed by atoms with Gasteiger partial charge in [-0.05, 0) is 12.1 Å². The number of halogens is 3. The van der Waals surface area contributed by atoms with Gasteiger partial charge in [0.1, 0.15) is 18.7 Å². The molecule has 0 saturated carbocycles. The summed E-state index contributed by atoms with van der Waals surface area (Å²) in [7, 11) is 0. The number of hydrogen-bond acceptors (Lipinski definition) is 10. The first-order valence-corrected chi connectivity index (χ1v) is 11.8. The van der Waals surface area contributed by atoms with Gasteiger partial charge >= 0.3 is 6.18 Å². The first kappa shape index (κ1) is 25.8. The van der Waals surface area contributed by atoms with Gasteiger partial charge in [0.05, 0.1) is 11.4 Å². The molecule has 0 spiro atoms. The van der Waals surface area contributed by atoms with E-state index >= 15 is 0 Å². The Hall–Kier alpha value is -3.33. The van der Waals surface area contributed by atoms with Gasteiger partial charge in [0.25, 0.3) is 0 Å². The Kier molecular flexibility index (Phi) is 7.98. The van der Waals surface area contributed by atoms with Crippen molar-refractivity contribution < 1.29 is 28.2 Å². The fourth-order valence-corrected chi connectivity index (χ4v) is 4.45. The number of hydrogen-bond donors (Lipinski definition) is 4. The lowest BCUT2D eigenvalue weighted by atomic mass is 10.1. The van der Waals surface area contributed by atoms with Crippen LogP contribution in [0.25, 0.3) is 10.4 Å². The average Bonchev–Trinajstić information content (AvgIpc) is 3.35. The molecule has 1 fully saturated rings. The SMILES string of the molecule is O=C(CO)N1CCN(c2ccnc(Nc3ncc(-c4cncc(C(O)NCC(F)(F)F)c4)s3)c2)CC1. The van der Waals surface area contributed by atoms with Crippen molar-refractivity contribution in [3.05, 3.63) is 48.5 Å². The molecule has 0 bridgehead atoms. The zero-order chi connectivity index (χ0) is 25.7. The van der Waals surface area contributed by atoms with Crippen molar-refractivity contribution >= 4 is 33.9 Å². The maximum absolute atomic E-state index is 12.4. The first-order valence-electron chi connectivity index (χ1n) is 11.0. The fourth-order valence-electron chi connectivity index (χ4n) is 3.65. The van der Waals surface area contributed by atoms with Crippen molar-refractivity contribution in [3.8, 4) is 10.4 Å². The van der Waals surface area contributed by atoms with E-state index in [9.17, 15) is 23.1 Å². The predicted octanol–water partition coefficient (Wildman–Crippen LogP) is 2.13. The summed E-state index contributed by atoms with van der Waals surface area (Å²) in [5, 5.41) is 24.8. The number of nitrogens with one attached hydrogen (secondary N) is 2. The number of alkyl halides is 3. The number of nitrogens with zero attached hydrogens (tertiary/aromatic N) is 5. The quantitative estimate of drug-likeness (QED) is 0.329. The molecule has 10 nitrogen and oxygen atoms in total. The van der Waals surface area contributed by atoms with Crippen LogP contribution in [0, 0.1) is 0 Å². The Morgan fingerprint density at radius 1 is 1.14 bits per heavy atom. The third-order valence-electron chi connectivity index (χ3n) is 5.47. The van der Waals surface area contributed by atoms with Crippen LogP contribution in [-0.2, 0) is 4.79 Å². The topological polar surface area (TPSA) is 127 Å². The van der Waals surface area contributed by atoms with E-state index in [1.54, 1.807) is 23.4 Å². The van der Waals surface area contributed by atoms with Crippen LogP contribution >= 0.6 is 11.3 Å². The molecule has 1 aliphatic heterocycles. The predicted molar refractivity (Wildman–Crippen MR) is 128 cm³/mol. The third-order valence-corrected chi connectivity index (χ3v) is 6.43. The molecule has 4 heterocycles. The highest BCUT2D eigenvalue weighted by molar-refractivity contribution is 7.18. The number of pyridine rings is 2. The van der Waals surface area contributed by atoms with Crippen LogP contribution < -0.4 is 15.5 Å². The Morgan fingerprint density at radius 3 is 2.64 bits per heavy atom. The molecule has 1 aliphatic rings. The lowest BCUT2D eigenvalue weighted by molar-refractivity contribution is -0.134. The Labute approximate surface area is 208 Å². The Balaban J connectivity index is 1.40. The minimum atomic E-state index is -4.44. The lowest BCUT2D eigenvalue weighted by Crippen LogP contribution is -2.49. The van der Waals surface area contributed by atoms with Crippen molar-refractivity contribution in [2.24, 2.45) is 0 Å². The molecule has 3 aromatic rings. The molecule has 4 N–H and O–H groups in total. The summed E-state index contributed by atoms with van der Waals surface area (Å²) in [6.45, 7) is 0.486. The number of aliphatic hydroxyl groups is 2. The molecule has 4 rings (SSSR count). The molecular formula is C22H24F3N7O3S. The minimum absolute atomic E-state index is 0.204. The number of anilines is 3. The highest BCUT2D eigenvalue weighted by Gasteiger charge is 2.28. The molecule has 1 atom stereocenters. The van der Waals surface area contributed by atoms with E-state index < -0.39 is 25.6 Å². The van der Waals surface area contributed by atoms with Crippen LogP contribution in [0.2, 0.25) is 0 Å². The van der Waals surface area contributed by atoms with E-state index in [-0.39, 0.29) is 11.5 Å². The number of piperazine rings is 1. The molecule has 0 radical (unpaired) electrons. The second kappa shape index (κ2) is 11.2. The molecule has 0 aromatic carbocycles. The van der Waals surface area contributed by atoms with Gasteiger partial charge in [0.15, 0.2) is 5.13 Å². The number of rotatable bonds is 8. The number of thiazole rings is 1. The summed E-state index contributed by atoms with van der Waals surface area (Å²) in [5.41, 5.74) is 1.73. The molecule has 36 heavy (non-hydrogen) atoms. The summed E-state index contributed by atoms with van der Waals surface area (Å²) >= 11 is 1.30. The first-order chi connectivity index (χ1) is 17.2. The maximum atomic E-state index is 12.4. The second-order valence-electron chi connectivity index (χ2n) is 7.99. The molecule has 3 aromatic heterocycles. The zero-order valence-corrected chi connectivity index (χ0v) is 19.8. The summed E-state index contributed by atoms with van der Waals surface area (Å²) in [6, 6.07) is 5.30. The van der Waals surface area contributed by atoms with Gasteiger partial charge in [-0.15, -0.1) is 0 Å². The number of carbonyl (C=O) groups excluding carboxylic acids is 1. The smallest absolute Gasteiger partial charge is 0.387 e. The second-order valence-corrected chi connectivity index (χ2v) is 9.02. The van der Waals surface area contributed by atoms with Crippen molar-refractivity contribution in [2.45, 2.75) is 12.4 Å². The van der Waals surface area contributed by atoms with Gasteiger partial charge in [-0.25, -0.2) is 9.97 Å². The molecule has 1 unspecified atom stereocenters. The highest BCUT2D eigenvalue weighted by Crippen LogP contribution is 2.32. The summed E-state index contributed by atoms with van der Waals surface area (Å²) < 4.78 is 37.2. The number of carbonyl (C=O) groups is 1. The summed E-state index contributed by atoms with van der Waals surface area (Å²) in [5.74, 6) is 0.292. The van der Waals surface area contributed by atoms with Gasteiger partial charge < -0.3 is 25.3 Å². The molecule has 192 valence electrons. The van der Waals surface area contributed by atoms with Crippen LogP contribution in [0.1, 0.15) is 11.8 Å². The van der Waals surface area contributed by atoms with E-state index in [4.69, 9.17) is 5.11 Å². The average molecular weight is 524 g/mol. The normalized spacial score (nSPS) is 15.1. The molecule has 0 aliphatic carbocycles. The molecular weight excluding hydrogens is 499 g/mol. The minimum Gasteiger partial charge on any atom is -0.387 e. The standard InChI is InChI=1S/C22H24F3N7O3S/c23-22(24,25)13-29-20(35)15-7-14(9-26-10-15)17-11-28-21(36-17)30-18-8-16(1-2-27-18)31-3-5-32(6-4-31)19(34)12-33/h1-2,7-11,20,29,33,35H,3-6,12-13H2,(H,27,28,30). The van der Waals surface area contributed by atoms with Crippen LogP contribution in [0.5, 0.6) is 0 Å². The van der Waals surface area contributed by atoms with E-state index in [0.717, 1.165) is 5.69 Å². The van der Waals surface area contributed by atoms with Gasteiger partial charge in [-0.3, -0.25) is 15.1 Å². The third kappa shape index (κ3) is 6.66. The van der Waals surface area contributed by atoms with Crippen LogP contribution in [0.15, 0.2) is 43.0 Å². The van der Waals surface area contributed by atoms with Gasteiger partial charge in [-0.1, -0.05) is 11.3 Å². The van der Waals surface area contributed by atoms with Crippen molar-refractivity contribution in [1.29, 1.82) is 0 Å². The number of aliphatic hydroxyl groups excluding tert-OH is 2. The number of aromatic nitrogens is 3. The highest BCUT2D eigenvalue weighted by atomic mass is 32.1. The van der Waals surface area contributed by atoms with Gasteiger partial charge in [-0.2, -0.15) is 13.2 Å².